The molecule has 5 heterocycles. The quantitative estimate of drug-likeness (QED) is 0.870. The molecule has 2 aromatic rings. The van der Waals surface area contributed by atoms with Gasteiger partial charge in [0.2, 0.25) is 0 Å². The first-order valence-corrected chi connectivity index (χ1v) is 8.40. The molecule has 3 saturated heterocycles. The molecule has 5 nitrogen and oxygen atoms in total. The van der Waals surface area contributed by atoms with E-state index in [1.807, 2.05) is 6.07 Å². The SMILES string of the molecule is O=c1nccc2[nH]nc3c2c1C([C@H]1CN2CCC1CC2)CC3. The van der Waals surface area contributed by atoms with Crippen molar-refractivity contribution in [2.24, 2.45) is 11.8 Å². The van der Waals surface area contributed by atoms with Crippen molar-refractivity contribution >= 4 is 10.9 Å². The highest BCUT2D eigenvalue weighted by Crippen LogP contribution is 2.45. The van der Waals surface area contributed by atoms with Crippen LogP contribution in [0.15, 0.2) is 17.1 Å². The fraction of sp³-hybridized carbons (Fsp3) is 0.588. The second-order valence-corrected chi connectivity index (χ2v) is 7.07. The van der Waals surface area contributed by atoms with E-state index < -0.39 is 0 Å². The lowest BCUT2D eigenvalue weighted by atomic mass is 9.67. The van der Waals surface area contributed by atoms with Crippen molar-refractivity contribution in [1.82, 2.24) is 20.1 Å². The summed E-state index contributed by atoms with van der Waals surface area (Å²) in [5.41, 5.74) is 2.91. The van der Waals surface area contributed by atoms with E-state index in [4.69, 9.17) is 0 Å². The number of hydrogen-bond acceptors (Lipinski definition) is 4. The Kier molecular flexibility index (Phi) is 2.68. The second-order valence-electron chi connectivity index (χ2n) is 7.07. The highest BCUT2D eigenvalue weighted by atomic mass is 16.1. The topological polar surface area (TPSA) is 61.9 Å². The Morgan fingerprint density at radius 3 is 2.86 bits per heavy atom. The normalized spacial score (nSPS) is 33.3. The van der Waals surface area contributed by atoms with E-state index in [0.717, 1.165) is 47.5 Å². The highest BCUT2D eigenvalue weighted by Gasteiger charge is 2.41. The van der Waals surface area contributed by atoms with Gasteiger partial charge in [-0.25, -0.2) is 4.98 Å². The molecule has 2 atom stereocenters. The molecular formula is C17H20N4O. The van der Waals surface area contributed by atoms with Gasteiger partial charge in [0.05, 0.1) is 11.2 Å². The van der Waals surface area contributed by atoms with Crippen LogP contribution in [-0.4, -0.2) is 39.7 Å². The predicted molar refractivity (Wildman–Crippen MR) is 83.9 cm³/mol. The molecule has 0 radical (unpaired) electrons. The van der Waals surface area contributed by atoms with Crippen LogP contribution in [0, 0.1) is 11.8 Å². The van der Waals surface area contributed by atoms with Crippen molar-refractivity contribution < 1.29 is 0 Å². The van der Waals surface area contributed by atoms with Gasteiger partial charge in [-0.15, -0.1) is 0 Å². The first kappa shape index (κ1) is 12.8. The Hall–Kier alpha value is -1.75. The highest BCUT2D eigenvalue weighted by molar-refractivity contribution is 5.85. The lowest BCUT2D eigenvalue weighted by molar-refractivity contribution is 0.0345. The number of piperidine rings is 3. The molecule has 0 saturated carbocycles. The predicted octanol–water partition coefficient (Wildman–Crippen LogP) is 1.69. The van der Waals surface area contributed by atoms with Crippen LogP contribution < -0.4 is 5.56 Å². The molecule has 5 heteroatoms. The minimum Gasteiger partial charge on any atom is -0.303 e. The molecule has 1 N–H and O–H groups in total. The third-order valence-electron chi connectivity index (χ3n) is 6.09. The summed E-state index contributed by atoms with van der Waals surface area (Å²) in [5, 5.41) is 8.57. The van der Waals surface area contributed by atoms with Crippen LogP contribution in [0.2, 0.25) is 0 Å². The van der Waals surface area contributed by atoms with Gasteiger partial charge in [0.15, 0.2) is 0 Å². The van der Waals surface area contributed by atoms with Crippen LogP contribution >= 0.6 is 0 Å². The lowest BCUT2D eigenvalue weighted by Crippen LogP contribution is -2.50. The Labute approximate surface area is 128 Å². The zero-order chi connectivity index (χ0) is 14.7. The number of H-pyrrole nitrogens is 1. The summed E-state index contributed by atoms with van der Waals surface area (Å²) in [4.78, 5) is 19.3. The summed E-state index contributed by atoms with van der Waals surface area (Å²) in [5.74, 6) is 1.75. The average molecular weight is 296 g/mol. The van der Waals surface area contributed by atoms with E-state index in [2.05, 4.69) is 20.1 Å². The standard InChI is InChI=1S/C17H20N4O/c22-17-15-11(12-9-21-7-4-10(12)5-8-21)1-2-13-16(15)14(20-19-13)3-6-18-17/h3,6,10-12,20H,1-2,4-5,7-9H2/t11?,12-/m0/s1. The van der Waals surface area contributed by atoms with Crippen LogP contribution in [0.4, 0.5) is 0 Å². The van der Waals surface area contributed by atoms with Gasteiger partial charge in [-0.1, -0.05) is 0 Å². The number of fused-ring (bicyclic) bond motifs is 3. The van der Waals surface area contributed by atoms with Crippen molar-refractivity contribution in [2.75, 3.05) is 19.6 Å². The molecule has 2 aromatic heterocycles. The molecule has 0 spiro atoms. The largest absolute Gasteiger partial charge is 0.303 e. The monoisotopic (exact) mass is 296 g/mol. The van der Waals surface area contributed by atoms with E-state index >= 15 is 0 Å². The van der Waals surface area contributed by atoms with Crippen LogP contribution in [0.5, 0.6) is 0 Å². The molecule has 6 rings (SSSR count). The van der Waals surface area contributed by atoms with Crippen molar-refractivity contribution in [3.05, 3.63) is 33.9 Å². The van der Waals surface area contributed by atoms with Crippen LogP contribution in [0.3, 0.4) is 0 Å². The molecule has 1 unspecified atom stereocenters. The van der Waals surface area contributed by atoms with E-state index in [1.54, 1.807) is 6.20 Å². The van der Waals surface area contributed by atoms with Gasteiger partial charge in [0.1, 0.15) is 0 Å². The maximum Gasteiger partial charge on any atom is 0.273 e. The first-order valence-electron chi connectivity index (χ1n) is 8.40. The zero-order valence-corrected chi connectivity index (χ0v) is 12.6. The number of nitrogens with zero attached hydrogens (tertiary/aromatic N) is 3. The van der Waals surface area contributed by atoms with Crippen molar-refractivity contribution in [1.29, 1.82) is 0 Å². The molecular weight excluding hydrogens is 276 g/mol. The fourth-order valence-electron chi connectivity index (χ4n) is 5.03. The van der Waals surface area contributed by atoms with E-state index in [-0.39, 0.29) is 5.56 Å². The number of aryl methyl sites for hydroxylation is 1. The van der Waals surface area contributed by atoms with Gasteiger partial charge in [-0.2, -0.15) is 5.10 Å². The van der Waals surface area contributed by atoms with Crippen molar-refractivity contribution in [3.63, 3.8) is 0 Å². The van der Waals surface area contributed by atoms with Crippen molar-refractivity contribution in [3.8, 4) is 0 Å². The van der Waals surface area contributed by atoms with E-state index in [9.17, 15) is 4.79 Å². The smallest absolute Gasteiger partial charge is 0.273 e. The van der Waals surface area contributed by atoms with Gasteiger partial charge in [-0.05, 0) is 62.6 Å². The Bertz CT molecular complexity index is 791. The van der Waals surface area contributed by atoms with Crippen molar-refractivity contribution in [2.45, 2.75) is 31.6 Å². The maximum atomic E-state index is 12.6. The van der Waals surface area contributed by atoms with Gasteiger partial charge >= 0.3 is 0 Å². The number of rotatable bonds is 1. The third-order valence-corrected chi connectivity index (χ3v) is 6.09. The molecule has 3 fully saturated rings. The Morgan fingerprint density at radius 2 is 2.09 bits per heavy atom. The van der Waals surface area contributed by atoms with E-state index in [0.29, 0.717) is 11.8 Å². The molecule has 2 bridgehead atoms. The molecule has 0 aromatic carbocycles. The maximum absolute atomic E-state index is 12.6. The molecule has 1 aliphatic carbocycles. The van der Waals surface area contributed by atoms with Crippen LogP contribution in [0.1, 0.15) is 36.4 Å². The van der Waals surface area contributed by atoms with Gasteiger partial charge in [-0.3, -0.25) is 9.89 Å². The van der Waals surface area contributed by atoms with Gasteiger partial charge in [0.25, 0.3) is 5.56 Å². The first-order chi connectivity index (χ1) is 10.8. The summed E-state index contributed by atoms with van der Waals surface area (Å²) >= 11 is 0. The summed E-state index contributed by atoms with van der Waals surface area (Å²) in [6.07, 6.45) is 6.23. The zero-order valence-electron chi connectivity index (χ0n) is 12.6. The summed E-state index contributed by atoms with van der Waals surface area (Å²) in [7, 11) is 0. The van der Waals surface area contributed by atoms with Crippen LogP contribution in [0.25, 0.3) is 10.9 Å². The van der Waals surface area contributed by atoms with Gasteiger partial charge < -0.3 is 4.90 Å². The minimum absolute atomic E-state index is 0.0428. The summed E-state index contributed by atoms with van der Waals surface area (Å²) in [6.45, 7) is 3.64. The van der Waals surface area contributed by atoms with E-state index in [1.165, 1.54) is 25.9 Å². The number of aromatic amines is 1. The fourth-order valence-corrected chi connectivity index (χ4v) is 5.03. The molecule has 3 aliphatic heterocycles. The number of hydrogen-bond donors (Lipinski definition) is 1. The number of aromatic nitrogens is 3. The Balaban J connectivity index is 1.70. The summed E-state index contributed by atoms with van der Waals surface area (Å²) in [6, 6.07) is 1.88. The molecule has 4 aliphatic rings. The molecule has 0 amide bonds. The second kappa shape index (κ2) is 4.62. The van der Waals surface area contributed by atoms with Gasteiger partial charge in [0, 0.05) is 23.7 Å². The third kappa shape index (κ3) is 1.72. The summed E-state index contributed by atoms with van der Waals surface area (Å²) < 4.78 is 0. The average Bonchev–Trinajstić information content (AvgIpc) is 2.90. The Morgan fingerprint density at radius 1 is 1.23 bits per heavy atom. The van der Waals surface area contributed by atoms with Crippen LogP contribution in [-0.2, 0) is 6.42 Å². The number of nitrogens with one attached hydrogen (secondary N) is 1. The molecule has 22 heavy (non-hydrogen) atoms. The minimum atomic E-state index is -0.0428. The lowest BCUT2D eigenvalue weighted by Gasteiger charge is -2.48. The molecule has 114 valence electrons.